The quantitative estimate of drug-likeness (QED) is 0.793. The first-order valence-corrected chi connectivity index (χ1v) is 7.89. The second-order valence-corrected chi connectivity index (χ2v) is 6.57. The van der Waals surface area contributed by atoms with Gasteiger partial charge >= 0.3 is 0 Å². The van der Waals surface area contributed by atoms with Crippen LogP contribution in [0.3, 0.4) is 0 Å². The van der Waals surface area contributed by atoms with Crippen LogP contribution in [0.15, 0.2) is 30.3 Å². The van der Waals surface area contributed by atoms with E-state index in [4.69, 9.17) is 0 Å². The predicted molar refractivity (Wildman–Crippen MR) is 84.4 cm³/mol. The number of fused-ring (bicyclic) bond motifs is 2. The summed E-state index contributed by atoms with van der Waals surface area (Å²) in [6.45, 7) is 0.870. The number of thiophene rings is 1. The van der Waals surface area contributed by atoms with Crippen LogP contribution in [-0.2, 0) is 26.4 Å². The largest absolute Gasteiger partial charge is 0.351 e. The first kappa shape index (κ1) is 12.0. The minimum atomic E-state index is 0.870. The zero-order valence-corrected chi connectivity index (χ0v) is 12.3. The Balaban J connectivity index is 1.56. The van der Waals surface area contributed by atoms with Gasteiger partial charge in [-0.05, 0) is 43.0 Å². The van der Waals surface area contributed by atoms with Gasteiger partial charge in [-0.15, -0.1) is 11.3 Å². The monoisotopic (exact) mass is 283 g/mol. The second kappa shape index (κ2) is 4.63. The molecule has 0 aliphatic heterocycles. The molecule has 0 unspecified atom stereocenters. The van der Waals surface area contributed by atoms with Crippen molar-refractivity contribution in [3.63, 3.8) is 0 Å². The normalized spacial score (nSPS) is 13.8. The van der Waals surface area contributed by atoms with E-state index in [0.717, 1.165) is 18.0 Å². The molecule has 4 heteroatoms. The standard InChI is InChI=1S/C16H17N3S/c1-19-14-7-3-2-6-13(14)18-16(19)17-10-12-9-11-5-4-8-15(11)20-12/h2-3,6-7,9H,4-5,8,10H2,1H3,(H,17,18). The van der Waals surface area contributed by atoms with Crippen molar-refractivity contribution in [2.75, 3.05) is 5.32 Å². The fraction of sp³-hybridized carbons (Fsp3) is 0.312. The molecule has 2 heterocycles. The van der Waals surface area contributed by atoms with Gasteiger partial charge < -0.3 is 9.88 Å². The molecule has 1 aliphatic rings. The van der Waals surface area contributed by atoms with Gasteiger partial charge in [-0.1, -0.05) is 12.1 Å². The summed E-state index contributed by atoms with van der Waals surface area (Å²) in [5, 5.41) is 3.47. The number of para-hydroxylation sites is 2. The van der Waals surface area contributed by atoms with Crippen LogP contribution in [0, 0.1) is 0 Å². The third kappa shape index (κ3) is 1.91. The van der Waals surface area contributed by atoms with Crippen LogP contribution in [0.25, 0.3) is 11.0 Å². The summed E-state index contributed by atoms with van der Waals surface area (Å²) < 4.78 is 2.12. The van der Waals surface area contributed by atoms with E-state index < -0.39 is 0 Å². The Labute approximate surface area is 122 Å². The first-order valence-electron chi connectivity index (χ1n) is 7.07. The van der Waals surface area contributed by atoms with Gasteiger partial charge in [0, 0.05) is 16.8 Å². The number of anilines is 1. The van der Waals surface area contributed by atoms with Crippen molar-refractivity contribution in [1.29, 1.82) is 0 Å². The molecule has 20 heavy (non-hydrogen) atoms. The smallest absolute Gasteiger partial charge is 0.203 e. The molecule has 0 atom stereocenters. The lowest BCUT2D eigenvalue weighted by Gasteiger charge is -2.04. The molecule has 4 rings (SSSR count). The SMILES string of the molecule is Cn1c(NCc2cc3c(s2)CCC3)nc2ccccc21. The van der Waals surface area contributed by atoms with Gasteiger partial charge in [0.15, 0.2) is 0 Å². The third-order valence-electron chi connectivity index (χ3n) is 4.01. The number of aryl methyl sites for hydroxylation is 3. The summed E-state index contributed by atoms with van der Waals surface area (Å²) in [6.07, 6.45) is 3.87. The number of rotatable bonds is 3. The summed E-state index contributed by atoms with van der Waals surface area (Å²) in [6, 6.07) is 10.6. The van der Waals surface area contributed by atoms with Gasteiger partial charge in [-0.25, -0.2) is 4.98 Å². The van der Waals surface area contributed by atoms with Gasteiger partial charge in [-0.2, -0.15) is 0 Å². The lowest BCUT2D eigenvalue weighted by Crippen LogP contribution is -2.03. The summed E-state index contributed by atoms with van der Waals surface area (Å²) in [5.41, 5.74) is 3.78. The van der Waals surface area contributed by atoms with E-state index in [9.17, 15) is 0 Å². The van der Waals surface area contributed by atoms with E-state index in [1.165, 1.54) is 29.7 Å². The van der Waals surface area contributed by atoms with E-state index in [0.29, 0.717) is 0 Å². The highest BCUT2D eigenvalue weighted by molar-refractivity contribution is 7.12. The highest BCUT2D eigenvalue weighted by atomic mass is 32.1. The maximum absolute atomic E-state index is 4.65. The summed E-state index contributed by atoms with van der Waals surface area (Å²) in [4.78, 5) is 7.66. The van der Waals surface area contributed by atoms with Gasteiger partial charge in [0.2, 0.25) is 5.95 Å². The fourth-order valence-electron chi connectivity index (χ4n) is 2.95. The van der Waals surface area contributed by atoms with E-state index in [1.54, 1.807) is 10.4 Å². The number of nitrogens with one attached hydrogen (secondary N) is 1. The van der Waals surface area contributed by atoms with Crippen molar-refractivity contribution in [3.8, 4) is 0 Å². The van der Waals surface area contributed by atoms with E-state index >= 15 is 0 Å². The Hall–Kier alpha value is -1.81. The Bertz CT molecular complexity index is 748. The van der Waals surface area contributed by atoms with E-state index in [1.807, 2.05) is 17.4 Å². The van der Waals surface area contributed by atoms with Gasteiger partial charge in [0.05, 0.1) is 17.6 Å². The molecule has 1 aliphatic carbocycles. The molecule has 0 fully saturated rings. The number of nitrogens with zero attached hydrogens (tertiary/aromatic N) is 2. The van der Waals surface area contributed by atoms with Crippen molar-refractivity contribution in [2.24, 2.45) is 7.05 Å². The Kier molecular flexibility index (Phi) is 2.77. The number of hydrogen-bond donors (Lipinski definition) is 1. The molecular weight excluding hydrogens is 266 g/mol. The van der Waals surface area contributed by atoms with Crippen LogP contribution >= 0.6 is 11.3 Å². The van der Waals surface area contributed by atoms with Crippen LogP contribution in [0.5, 0.6) is 0 Å². The molecule has 2 aromatic heterocycles. The summed E-state index contributed by atoms with van der Waals surface area (Å²) >= 11 is 1.95. The zero-order chi connectivity index (χ0) is 13.5. The van der Waals surface area contributed by atoms with Crippen LogP contribution in [-0.4, -0.2) is 9.55 Å². The molecule has 3 nitrogen and oxygen atoms in total. The van der Waals surface area contributed by atoms with Gasteiger partial charge in [0.25, 0.3) is 0 Å². The molecule has 1 N–H and O–H groups in total. The average molecular weight is 283 g/mol. The van der Waals surface area contributed by atoms with Crippen LogP contribution in [0.4, 0.5) is 5.95 Å². The predicted octanol–water partition coefficient (Wildman–Crippen LogP) is 3.74. The zero-order valence-electron chi connectivity index (χ0n) is 11.5. The molecule has 3 aromatic rings. The van der Waals surface area contributed by atoms with Gasteiger partial charge in [-0.3, -0.25) is 0 Å². The lowest BCUT2D eigenvalue weighted by atomic mass is 10.2. The van der Waals surface area contributed by atoms with Crippen LogP contribution in [0.1, 0.15) is 21.7 Å². The first-order chi connectivity index (χ1) is 9.81. The number of benzene rings is 1. The Morgan fingerprint density at radius 2 is 2.20 bits per heavy atom. The molecule has 0 radical (unpaired) electrons. The van der Waals surface area contributed by atoms with E-state index in [-0.39, 0.29) is 0 Å². The van der Waals surface area contributed by atoms with Crippen LogP contribution in [0.2, 0.25) is 0 Å². The fourth-order valence-corrected chi connectivity index (χ4v) is 4.15. The number of hydrogen-bond acceptors (Lipinski definition) is 3. The minimum Gasteiger partial charge on any atom is -0.351 e. The minimum absolute atomic E-state index is 0.870. The molecule has 0 amide bonds. The topological polar surface area (TPSA) is 29.9 Å². The lowest BCUT2D eigenvalue weighted by molar-refractivity contribution is 0.911. The van der Waals surface area contributed by atoms with Crippen molar-refractivity contribution >= 4 is 28.3 Å². The van der Waals surface area contributed by atoms with E-state index in [2.05, 4.69) is 46.2 Å². The maximum atomic E-state index is 4.65. The highest BCUT2D eigenvalue weighted by Crippen LogP contribution is 2.31. The van der Waals surface area contributed by atoms with Crippen LogP contribution < -0.4 is 5.32 Å². The van der Waals surface area contributed by atoms with Crippen molar-refractivity contribution in [2.45, 2.75) is 25.8 Å². The summed E-state index contributed by atoms with van der Waals surface area (Å²) in [7, 11) is 2.06. The molecule has 0 saturated carbocycles. The highest BCUT2D eigenvalue weighted by Gasteiger charge is 2.15. The second-order valence-electron chi connectivity index (χ2n) is 5.35. The van der Waals surface area contributed by atoms with Crippen molar-refractivity contribution < 1.29 is 0 Å². The Morgan fingerprint density at radius 1 is 1.30 bits per heavy atom. The maximum Gasteiger partial charge on any atom is 0.203 e. The van der Waals surface area contributed by atoms with Crippen molar-refractivity contribution in [3.05, 3.63) is 45.6 Å². The number of aromatic nitrogens is 2. The molecule has 102 valence electrons. The third-order valence-corrected chi connectivity index (χ3v) is 5.24. The molecule has 0 spiro atoms. The Morgan fingerprint density at radius 3 is 3.05 bits per heavy atom. The molecule has 1 aromatic carbocycles. The van der Waals surface area contributed by atoms with Gasteiger partial charge in [0.1, 0.15) is 0 Å². The molecular formula is C16H17N3S. The number of imidazole rings is 1. The average Bonchev–Trinajstić information content (AvgIpc) is 3.11. The summed E-state index contributed by atoms with van der Waals surface area (Å²) in [5.74, 6) is 0.944. The molecule has 0 bridgehead atoms. The van der Waals surface area contributed by atoms with Crippen molar-refractivity contribution in [1.82, 2.24) is 9.55 Å². The molecule has 0 saturated heterocycles.